The van der Waals surface area contributed by atoms with E-state index in [1.54, 1.807) is 18.0 Å². The lowest BCUT2D eigenvalue weighted by Gasteiger charge is -2.34. The molecule has 1 atom stereocenters. The summed E-state index contributed by atoms with van der Waals surface area (Å²) in [7, 11) is 1.56. The van der Waals surface area contributed by atoms with E-state index in [4.69, 9.17) is 4.74 Å². The second kappa shape index (κ2) is 7.08. The number of amides is 2. The zero-order valence-electron chi connectivity index (χ0n) is 12.4. The number of ether oxygens (including phenoxy) is 1. The Morgan fingerprint density at radius 3 is 2.86 bits per heavy atom. The first-order valence-corrected chi connectivity index (χ1v) is 7.12. The standard InChI is InChI=1S/C15H21N3O3/c1-3-17-12-7-5-4-6-11(12)15(20)18-8-9-21-10-13(18)14(19)16-2/h4-7,13,17H,3,8-10H2,1-2H3,(H,16,19). The molecule has 1 fully saturated rings. The SMILES string of the molecule is CCNc1ccccc1C(=O)N1CCOCC1C(=O)NC. The van der Waals surface area contributed by atoms with Crippen LogP contribution in [0.2, 0.25) is 0 Å². The molecule has 0 spiro atoms. The van der Waals surface area contributed by atoms with Crippen LogP contribution in [0.1, 0.15) is 17.3 Å². The average molecular weight is 291 g/mol. The molecular formula is C15H21N3O3. The number of carbonyl (C=O) groups is 2. The third kappa shape index (κ3) is 3.33. The van der Waals surface area contributed by atoms with Gasteiger partial charge in [-0.15, -0.1) is 0 Å². The average Bonchev–Trinajstić information content (AvgIpc) is 2.54. The maximum absolute atomic E-state index is 12.8. The molecule has 0 bridgehead atoms. The largest absolute Gasteiger partial charge is 0.385 e. The van der Waals surface area contributed by atoms with Crippen LogP contribution in [-0.2, 0) is 9.53 Å². The van der Waals surface area contributed by atoms with Gasteiger partial charge in [0.1, 0.15) is 6.04 Å². The minimum atomic E-state index is -0.578. The Labute approximate surface area is 124 Å². The van der Waals surface area contributed by atoms with E-state index in [-0.39, 0.29) is 18.4 Å². The quantitative estimate of drug-likeness (QED) is 0.857. The van der Waals surface area contributed by atoms with Gasteiger partial charge in [0.05, 0.1) is 18.8 Å². The van der Waals surface area contributed by atoms with Crippen molar-refractivity contribution in [1.29, 1.82) is 0 Å². The highest BCUT2D eigenvalue weighted by Gasteiger charge is 2.33. The van der Waals surface area contributed by atoms with Crippen molar-refractivity contribution in [2.45, 2.75) is 13.0 Å². The van der Waals surface area contributed by atoms with E-state index in [1.807, 2.05) is 25.1 Å². The minimum absolute atomic E-state index is 0.150. The van der Waals surface area contributed by atoms with Crippen LogP contribution < -0.4 is 10.6 Å². The Bertz CT molecular complexity index is 519. The van der Waals surface area contributed by atoms with E-state index in [0.29, 0.717) is 18.7 Å². The molecule has 0 radical (unpaired) electrons. The molecule has 114 valence electrons. The highest BCUT2D eigenvalue weighted by Crippen LogP contribution is 2.20. The molecule has 6 heteroatoms. The van der Waals surface area contributed by atoms with Gasteiger partial charge in [0.15, 0.2) is 0 Å². The molecule has 2 amide bonds. The number of carbonyl (C=O) groups excluding carboxylic acids is 2. The molecule has 6 nitrogen and oxygen atoms in total. The Hall–Kier alpha value is -2.08. The number of benzene rings is 1. The first-order valence-electron chi connectivity index (χ1n) is 7.12. The number of nitrogens with zero attached hydrogens (tertiary/aromatic N) is 1. The highest BCUT2D eigenvalue weighted by atomic mass is 16.5. The van der Waals surface area contributed by atoms with Crippen molar-refractivity contribution in [3.63, 3.8) is 0 Å². The summed E-state index contributed by atoms with van der Waals surface area (Å²) in [6.07, 6.45) is 0. The van der Waals surface area contributed by atoms with E-state index < -0.39 is 6.04 Å². The lowest BCUT2D eigenvalue weighted by atomic mass is 10.1. The monoisotopic (exact) mass is 291 g/mol. The van der Waals surface area contributed by atoms with Crippen molar-refractivity contribution in [2.75, 3.05) is 38.7 Å². The normalized spacial score (nSPS) is 18.2. The van der Waals surface area contributed by atoms with Gasteiger partial charge < -0.3 is 20.3 Å². The summed E-state index contributed by atoms with van der Waals surface area (Å²) in [6, 6.07) is 6.77. The summed E-state index contributed by atoms with van der Waals surface area (Å²) < 4.78 is 5.33. The van der Waals surface area contributed by atoms with Crippen LogP contribution >= 0.6 is 0 Å². The third-order valence-corrected chi connectivity index (χ3v) is 3.46. The van der Waals surface area contributed by atoms with Crippen LogP contribution in [0, 0.1) is 0 Å². The van der Waals surface area contributed by atoms with Gasteiger partial charge in [-0.1, -0.05) is 12.1 Å². The van der Waals surface area contributed by atoms with Gasteiger partial charge in [-0.05, 0) is 19.1 Å². The van der Waals surface area contributed by atoms with Gasteiger partial charge in [0, 0.05) is 25.8 Å². The Morgan fingerprint density at radius 1 is 1.38 bits per heavy atom. The van der Waals surface area contributed by atoms with E-state index in [1.165, 1.54) is 0 Å². The lowest BCUT2D eigenvalue weighted by Crippen LogP contribution is -2.55. The van der Waals surface area contributed by atoms with E-state index in [9.17, 15) is 9.59 Å². The van der Waals surface area contributed by atoms with Crippen molar-refractivity contribution in [1.82, 2.24) is 10.2 Å². The maximum atomic E-state index is 12.8. The molecule has 0 aliphatic carbocycles. The van der Waals surface area contributed by atoms with E-state index in [0.717, 1.165) is 12.2 Å². The number of hydrogen-bond acceptors (Lipinski definition) is 4. The van der Waals surface area contributed by atoms with Gasteiger partial charge in [-0.25, -0.2) is 0 Å². The molecule has 1 aliphatic heterocycles. The zero-order valence-corrected chi connectivity index (χ0v) is 12.4. The second-order valence-corrected chi connectivity index (χ2v) is 4.78. The molecule has 1 heterocycles. The summed E-state index contributed by atoms with van der Waals surface area (Å²) in [5, 5.41) is 5.76. The van der Waals surface area contributed by atoms with Crippen molar-refractivity contribution >= 4 is 17.5 Å². The van der Waals surface area contributed by atoms with Crippen molar-refractivity contribution in [3.05, 3.63) is 29.8 Å². The number of anilines is 1. The third-order valence-electron chi connectivity index (χ3n) is 3.46. The molecule has 2 N–H and O–H groups in total. The number of para-hydroxylation sites is 1. The van der Waals surface area contributed by atoms with Crippen molar-refractivity contribution in [2.24, 2.45) is 0 Å². The van der Waals surface area contributed by atoms with Gasteiger partial charge in [0.2, 0.25) is 5.91 Å². The van der Waals surface area contributed by atoms with Crippen molar-refractivity contribution < 1.29 is 14.3 Å². The fraction of sp³-hybridized carbons (Fsp3) is 0.467. The zero-order chi connectivity index (χ0) is 15.2. The molecule has 2 rings (SSSR count). The van der Waals surface area contributed by atoms with Crippen LogP contribution in [0.15, 0.2) is 24.3 Å². The number of morpholine rings is 1. The molecule has 0 saturated carbocycles. The van der Waals surface area contributed by atoms with Gasteiger partial charge in [-0.3, -0.25) is 9.59 Å². The topological polar surface area (TPSA) is 70.7 Å². The summed E-state index contributed by atoms with van der Waals surface area (Å²) in [5.41, 5.74) is 1.36. The first-order chi connectivity index (χ1) is 10.2. The molecule has 1 aliphatic rings. The Kier molecular flexibility index (Phi) is 5.16. The molecule has 21 heavy (non-hydrogen) atoms. The predicted octanol–water partition coefficient (Wildman–Crippen LogP) is 0.705. The summed E-state index contributed by atoms with van der Waals surface area (Å²) in [6.45, 7) is 3.80. The fourth-order valence-electron chi connectivity index (χ4n) is 2.40. The summed E-state index contributed by atoms with van der Waals surface area (Å²) in [5.74, 6) is -0.354. The molecule has 1 saturated heterocycles. The predicted molar refractivity (Wildman–Crippen MR) is 80.3 cm³/mol. The van der Waals surface area contributed by atoms with E-state index >= 15 is 0 Å². The number of nitrogens with one attached hydrogen (secondary N) is 2. The molecule has 1 unspecified atom stereocenters. The number of hydrogen-bond donors (Lipinski definition) is 2. The van der Waals surface area contributed by atoms with Gasteiger partial charge in [0.25, 0.3) is 5.91 Å². The highest BCUT2D eigenvalue weighted by molar-refractivity contribution is 6.02. The van der Waals surface area contributed by atoms with Crippen LogP contribution in [0.5, 0.6) is 0 Å². The number of likely N-dealkylation sites (N-methyl/N-ethyl adjacent to an activating group) is 1. The maximum Gasteiger partial charge on any atom is 0.256 e. The van der Waals surface area contributed by atoms with Crippen LogP contribution in [0.4, 0.5) is 5.69 Å². The minimum Gasteiger partial charge on any atom is -0.385 e. The van der Waals surface area contributed by atoms with Crippen LogP contribution in [0.3, 0.4) is 0 Å². The van der Waals surface area contributed by atoms with Crippen LogP contribution in [0.25, 0.3) is 0 Å². The second-order valence-electron chi connectivity index (χ2n) is 4.78. The summed E-state index contributed by atoms with van der Waals surface area (Å²) >= 11 is 0. The fourth-order valence-corrected chi connectivity index (χ4v) is 2.40. The first kappa shape index (κ1) is 15.3. The Morgan fingerprint density at radius 2 is 2.14 bits per heavy atom. The van der Waals surface area contributed by atoms with Crippen molar-refractivity contribution in [3.8, 4) is 0 Å². The van der Waals surface area contributed by atoms with E-state index in [2.05, 4.69) is 10.6 Å². The molecular weight excluding hydrogens is 270 g/mol. The molecule has 0 aromatic heterocycles. The molecule has 1 aromatic rings. The smallest absolute Gasteiger partial charge is 0.256 e. The van der Waals surface area contributed by atoms with Gasteiger partial charge >= 0.3 is 0 Å². The molecule has 1 aromatic carbocycles. The number of rotatable bonds is 4. The lowest BCUT2D eigenvalue weighted by molar-refractivity contribution is -0.130. The summed E-state index contributed by atoms with van der Waals surface area (Å²) in [4.78, 5) is 26.3. The Balaban J connectivity index is 2.27. The van der Waals surface area contributed by atoms with Crippen LogP contribution in [-0.4, -0.2) is 56.1 Å². The van der Waals surface area contributed by atoms with Gasteiger partial charge in [-0.2, -0.15) is 0 Å².